The summed E-state index contributed by atoms with van der Waals surface area (Å²) in [5.74, 6) is -0.662. The lowest BCUT2D eigenvalue weighted by molar-refractivity contribution is -0.131. The van der Waals surface area contributed by atoms with Gasteiger partial charge in [0.15, 0.2) is 0 Å². The van der Waals surface area contributed by atoms with Crippen molar-refractivity contribution in [1.29, 1.82) is 0 Å². The van der Waals surface area contributed by atoms with Gasteiger partial charge in [-0.15, -0.1) is 0 Å². The first kappa shape index (κ1) is 12.0. The number of primary amides is 1. The molecule has 5 heteroatoms. The molecule has 15 heavy (non-hydrogen) atoms. The molecular formula is C10H19N3O2. The second-order valence-corrected chi connectivity index (χ2v) is 4.48. The summed E-state index contributed by atoms with van der Waals surface area (Å²) in [6.45, 7) is 4.07. The number of hydrogen-bond acceptors (Lipinski definition) is 3. The Hall–Kier alpha value is -1.10. The summed E-state index contributed by atoms with van der Waals surface area (Å²) < 4.78 is 0. The molecular weight excluding hydrogens is 194 g/mol. The predicted molar refractivity (Wildman–Crippen MR) is 57.1 cm³/mol. The molecule has 86 valence electrons. The number of carbonyl (C=O) groups excluding carboxylic acids is 2. The Morgan fingerprint density at radius 3 is 2.53 bits per heavy atom. The van der Waals surface area contributed by atoms with Gasteiger partial charge in [0.05, 0.1) is 6.04 Å². The maximum Gasteiger partial charge on any atom is 0.242 e. The zero-order valence-corrected chi connectivity index (χ0v) is 9.30. The number of nitrogens with one attached hydrogen (secondary N) is 2. The fraction of sp³-hybridized carbons (Fsp3) is 0.800. The van der Waals surface area contributed by atoms with Crippen LogP contribution < -0.4 is 16.4 Å². The molecule has 4 N–H and O–H groups in total. The van der Waals surface area contributed by atoms with Crippen molar-refractivity contribution in [2.75, 3.05) is 6.54 Å². The molecule has 1 atom stereocenters. The minimum Gasteiger partial charge on any atom is -0.368 e. The maximum absolute atomic E-state index is 11.7. The summed E-state index contributed by atoms with van der Waals surface area (Å²) in [4.78, 5) is 22.8. The van der Waals surface area contributed by atoms with E-state index in [0.717, 1.165) is 25.8 Å². The summed E-state index contributed by atoms with van der Waals surface area (Å²) in [5.41, 5.74) is 4.20. The Morgan fingerprint density at radius 2 is 2.07 bits per heavy atom. The van der Waals surface area contributed by atoms with Crippen LogP contribution in [0.2, 0.25) is 0 Å². The van der Waals surface area contributed by atoms with Gasteiger partial charge in [0, 0.05) is 0 Å². The van der Waals surface area contributed by atoms with Crippen molar-refractivity contribution in [3.05, 3.63) is 0 Å². The van der Waals surface area contributed by atoms with Crippen LogP contribution in [0.5, 0.6) is 0 Å². The molecule has 0 aromatic rings. The quantitative estimate of drug-likeness (QED) is 0.591. The Bertz CT molecular complexity index is 257. The van der Waals surface area contributed by atoms with Crippen molar-refractivity contribution in [1.82, 2.24) is 10.6 Å². The van der Waals surface area contributed by atoms with Crippen molar-refractivity contribution in [3.8, 4) is 0 Å². The van der Waals surface area contributed by atoms with Crippen LogP contribution in [0.3, 0.4) is 0 Å². The van der Waals surface area contributed by atoms with Crippen LogP contribution in [0, 0.1) is 0 Å². The highest BCUT2D eigenvalue weighted by molar-refractivity contribution is 5.91. The molecule has 1 saturated heterocycles. The Kier molecular flexibility index (Phi) is 3.68. The topological polar surface area (TPSA) is 84.2 Å². The summed E-state index contributed by atoms with van der Waals surface area (Å²) in [7, 11) is 0. The van der Waals surface area contributed by atoms with E-state index in [9.17, 15) is 9.59 Å². The molecule has 5 nitrogen and oxygen atoms in total. The lowest BCUT2D eigenvalue weighted by Crippen LogP contribution is -2.58. The average Bonchev–Trinajstić information content (AvgIpc) is 2.18. The van der Waals surface area contributed by atoms with Crippen LogP contribution in [-0.2, 0) is 9.59 Å². The number of hydrogen-bond donors (Lipinski definition) is 3. The zero-order chi connectivity index (χ0) is 11.5. The van der Waals surface area contributed by atoms with E-state index < -0.39 is 11.4 Å². The molecule has 1 aliphatic rings. The van der Waals surface area contributed by atoms with Crippen LogP contribution in [-0.4, -0.2) is 29.9 Å². The van der Waals surface area contributed by atoms with E-state index in [-0.39, 0.29) is 11.9 Å². The molecule has 0 radical (unpaired) electrons. The highest BCUT2D eigenvalue weighted by atomic mass is 16.2. The van der Waals surface area contributed by atoms with E-state index in [1.54, 1.807) is 13.8 Å². The molecule has 1 fully saturated rings. The second-order valence-electron chi connectivity index (χ2n) is 4.48. The van der Waals surface area contributed by atoms with Gasteiger partial charge in [0.1, 0.15) is 5.54 Å². The average molecular weight is 213 g/mol. The van der Waals surface area contributed by atoms with Gasteiger partial charge >= 0.3 is 0 Å². The third kappa shape index (κ3) is 3.20. The molecule has 0 spiro atoms. The second kappa shape index (κ2) is 4.61. The van der Waals surface area contributed by atoms with Crippen molar-refractivity contribution in [2.45, 2.75) is 44.7 Å². The first-order chi connectivity index (χ1) is 6.93. The van der Waals surface area contributed by atoms with Crippen LogP contribution in [0.1, 0.15) is 33.1 Å². The molecule has 0 unspecified atom stereocenters. The highest BCUT2D eigenvalue weighted by Crippen LogP contribution is 2.09. The van der Waals surface area contributed by atoms with Gasteiger partial charge in [-0.1, -0.05) is 6.42 Å². The SMILES string of the molecule is CC(C)(NC(=O)[C@@H]1CCCCN1)C(N)=O. The lowest BCUT2D eigenvalue weighted by atomic mass is 10.0. The Balaban J connectivity index is 2.50. The number of rotatable bonds is 3. The van der Waals surface area contributed by atoms with Gasteiger partial charge in [-0.3, -0.25) is 9.59 Å². The van der Waals surface area contributed by atoms with Crippen LogP contribution >= 0.6 is 0 Å². The number of piperidine rings is 1. The van der Waals surface area contributed by atoms with E-state index in [0.29, 0.717) is 0 Å². The van der Waals surface area contributed by atoms with Gasteiger partial charge < -0.3 is 16.4 Å². The molecule has 0 aliphatic carbocycles. The van der Waals surface area contributed by atoms with Gasteiger partial charge in [-0.05, 0) is 33.2 Å². The lowest BCUT2D eigenvalue weighted by Gasteiger charge is -2.28. The van der Waals surface area contributed by atoms with E-state index in [2.05, 4.69) is 10.6 Å². The summed E-state index contributed by atoms with van der Waals surface area (Å²) in [6, 6.07) is -0.183. The van der Waals surface area contributed by atoms with Crippen molar-refractivity contribution in [2.24, 2.45) is 5.73 Å². The van der Waals surface area contributed by atoms with E-state index in [4.69, 9.17) is 5.73 Å². The third-order valence-corrected chi connectivity index (χ3v) is 2.68. The first-order valence-electron chi connectivity index (χ1n) is 5.29. The van der Waals surface area contributed by atoms with Crippen LogP contribution in [0.25, 0.3) is 0 Å². The fourth-order valence-corrected chi connectivity index (χ4v) is 1.53. The van der Waals surface area contributed by atoms with Gasteiger partial charge in [0.2, 0.25) is 11.8 Å². The Labute approximate surface area is 89.8 Å². The minimum absolute atomic E-state index is 0.140. The van der Waals surface area contributed by atoms with Crippen LogP contribution in [0.15, 0.2) is 0 Å². The normalized spacial score (nSPS) is 22.1. The molecule has 1 aliphatic heterocycles. The van der Waals surface area contributed by atoms with E-state index in [1.165, 1.54) is 0 Å². The molecule has 0 aromatic carbocycles. The first-order valence-corrected chi connectivity index (χ1v) is 5.29. The minimum atomic E-state index is -0.976. The smallest absolute Gasteiger partial charge is 0.242 e. The fourth-order valence-electron chi connectivity index (χ4n) is 1.53. The molecule has 1 rings (SSSR count). The molecule has 2 amide bonds. The summed E-state index contributed by atoms with van der Waals surface area (Å²) in [6.07, 6.45) is 2.96. The molecule has 0 aromatic heterocycles. The molecule has 0 bridgehead atoms. The van der Waals surface area contributed by atoms with Crippen molar-refractivity contribution < 1.29 is 9.59 Å². The summed E-state index contributed by atoms with van der Waals surface area (Å²) in [5, 5.41) is 5.77. The van der Waals surface area contributed by atoms with Crippen molar-refractivity contribution >= 4 is 11.8 Å². The van der Waals surface area contributed by atoms with E-state index >= 15 is 0 Å². The predicted octanol–water partition coefficient (Wildman–Crippen LogP) is -0.491. The summed E-state index contributed by atoms with van der Waals surface area (Å²) >= 11 is 0. The monoisotopic (exact) mass is 213 g/mol. The number of amides is 2. The molecule has 1 heterocycles. The standard InChI is InChI=1S/C10H19N3O2/c1-10(2,9(11)15)13-8(14)7-5-3-4-6-12-7/h7,12H,3-6H2,1-2H3,(H2,11,15)(H,13,14)/t7-/m0/s1. The van der Waals surface area contributed by atoms with Gasteiger partial charge in [-0.25, -0.2) is 0 Å². The van der Waals surface area contributed by atoms with Crippen LogP contribution in [0.4, 0.5) is 0 Å². The Morgan fingerprint density at radius 1 is 1.40 bits per heavy atom. The largest absolute Gasteiger partial charge is 0.368 e. The molecule has 0 saturated carbocycles. The maximum atomic E-state index is 11.7. The van der Waals surface area contributed by atoms with Crippen molar-refractivity contribution in [3.63, 3.8) is 0 Å². The van der Waals surface area contributed by atoms with Gasteiger partial charge in [0.25, 0.3) is 0 Å². The van der Waals surface area contributed by atoms with Gasteiger partial charge in [-0.2, -0.15) is 0 Å². The number of nitrogens with two attached hydrogens (primary N) is 1. The third-order valence-electron chi connectivity index (χ3n) is 2.68. The number of carbonyl (C=O) groups is 2. The zero-order valence-electron chi connectivity index (χ0n) is 9.30. The highest BCUT2D eigenvalue weighted by Gasteiger charge is 2.30. The van der Waals surface area contributed by atoms with E-state index in [1.807, 2.05) is 0 Å².